The molecule has 1 aliphatic rings. The van der Waals surface area contributed by atoms with Gasteiger partial charge in [0.2, 0.25) is 5.95 Å². The molecule has 0 spiro atoms. The van der Waals surface area contributed by atoms with Crippen LogP contribution in [0.15, 0.2) is 61.6 Å². The van der Waals surface area contributed by atoms with Crippen LogP contribution in [0.3, 0.4) is 0 Å². The Balaban J connectivity index is 1.17. The molecule has 1 fully saturated rings. The summed E-state index contributed by atoms with van der Waals surface area (Å²) in [6, 6.07) is 5.15. The summed E-state index contributed by atoms with van der Waals surface area (Å²) >= 11 is 0. The van der Waals surface area contributed by atoms with E-state index in [1.165, 1.54) is 25.4 Å². The van der Waals surface area contributed by atoms with Crippen molar-refractivity contribution >= 4 is 17.3 Å². The number of halogens is 2. The van der Waals surface area contributed by atoms with E-state index < -0.39 is 17.2 Å². The Kier molecular flexibility index (Phi) is 5.75. The molecular weight excluding hydrogens is 492 g/mol. The molecular formula is C26H25F2N9O. The number of hydrogen-bond donors (Lipinski definition) is 1. The van der Waals surface area contributed by atoms with Crippen molar-refractivity contribution in [2.24, 2.45) is 7.05 Å². The molecule has 38 heavy (non-hydrogen) atoms. The predicted octanol–water partition coefficient (Wildman–Crippen LogP) is 2.78. The number of nitrogens with zero attached hydrogens (tertiary/aromatic N) is 9. The lowest BCUT2D eigenvalue weighted by atomic mass is 9.89. The van der Waals surface area contributed by atoms with Crippen LogP contribution >= 0.6 is 0 Å². The summed E-state index contributed by atoms with van der Waals surface area (Å²) in [5, 5.41) is 19.6. The maximum atomic E-state index is 14.3. The van der Waals surface area contributed by atoms with Gasteiger partial charge in [-0.05, 0) is 25.1 Å². The van der Waals surface area contributed by atoms with Gasteiger partial charge in [0.1, 0.15) is 29.1 Å². The highest BCUT2D eigenvalue weighted by atomic mass is 19.1. The molecule has 1 N–H and O–H groups in total. The molecule has 194 valence electrons. The number of rotatable bonds is 5. The quantitative estimate of drug-likeness (QED) is 0.380. The second-order valence-corrected chi connectivity index (χ2v) is 9.49. The van der Waals surface area contributed by atoms with Crippen LogP contribution in [0.5, 0.6) is 0 Å². The van der Waals surface area contributed by atoms with Crippen LogP contribution in [0, 0.1) is 11.6 Å². The Bertz CT molecular complexity index is 1610. The smallest absolute Gasteiger partial charge is 0.225 e. The van der Waals surface area contributed by atoms with Crippen molar-refractivity contribution in [1.82, 2.24) is 34.3 Å². The summed E-state index contributed by atoms with van der Waals surface area (Å²) in [7, 11) is 1.88. The number of aryl methyl sites for hydroxylation is 1. The van der Waals surface area contributed by atoms with E-state index in [1.807, 2.05) is 35.1 Å². The molecule has 1 aliphatic heterocycles. The van der Waals surface area contributed by atoms with E-state index in [2.05, 4.69) is 36.1 Å². The molecule has 5 aromatic rings. The van der Waals surface area contributed by atoms with Crippen molar-refractivity contribution in [3.05, 3.63) is 84.3 Å². The summed E-state index contributed by atoms with van der Waals surface area (Å²) < 4.78 is 31.2. The normalized spacial score (nSPS) is 15.7. The Morgan fingerprint density at radius 3 is 2.29 bits per heavy atom. The number of fused-ring (bicyclic) bond motifs is 1. The highest BCUT2D eigenvalue weighted by Gasteiger charge is 2.30. The molecule has 0 radical (unpaired) electrons. The van der Waals surface area contributed by atoms with Crippen LogP contribution in [0.2, 0.25) is 0 Å². The van der Waals surface area contributed by atoms with Gasteiger partial charge in [-0.25, -0.2) is 28.2 Å². The Morgan fingerprint density at radius 1 is 0.868 bits per heavy atom. The van der Waals surface area contributed by atoms with Crippen molar-refractivity contribution in [2.75, 3.05) is 36.0 Å². The fraction of sp³-hybridized carbons (Fsp3) is 0.269. The highest BCUT2D eigenvalue weighted by molar-refractivity contribution is 5.77. The lowest BCUT2D eigenvalue weighted by Gasteiger charge is -2.35. The molecule has 5 heterocycles. The molecule has 1 atom stereocenters. The molecule has 6 rings (SSSR count). The number of piperazine rings is 1. The zero-order valence-electron chi connectivity index (χ0n) is 20.8. The first-order valence-corrected chi connectivity index (χ1v) is 12.1. The van der Waals surface area contributed by atoms with E-state index in [0.29, 0.717) is 37.7 Å². The molecule has 0 bridgehead atoms. The monoisotopic (exact) mass is 517 g/mol. The van der Waals surface area contributed by atoms with E-state index in [9.17, 15) is 13.9 Å². The number of benzene rings is 1. The lowest BCUT2D eigenvalue weighted by molar-refractivity contribution is 0.0970. The fourth-order valence-corrected chi connectivity index (χ4v) is 4.78. The molecule has 1 saturated heterocycles. The maximum Gasteiger partial charge on any atom is 0.225 e. The minimum atomic E-state index is -1.71. The Hall–Kier alpha value is -4.45. The standard InChI is InChI=1S/C26H25F2N9O/c1-26(38,21-4-3-20(27)10-22(21)28)19-12-29-25(30-13-19)36-7-5-35(6-8-36)24-23-9-17(15-37(23)33-16-31-24)18-11-32-34(2)14-18/h3-4,9-16,38H,5-8H2,1-2H3/t26-/m0/s1. The van der Waals surface area contributed by atoms with Crippen molar-refractivity contribution in [1.29, 1.82) is 0 Å². The van der Waals surface area contributed by atoms with E-state index in [0.717, 1.165) is 34.6 Å². The van der Waals surface area contributed by atoms with Gasteiger partial charge < -0.3 is 14.9 Å². The van der Waals surface area contributed by atoms with Crippen molar-refractivity contribution in [3.63, 3.8) is 0 Å². The molecule has 4 aromatic heterocycles. The van der Waals surface area contributed by atoms with Gasteiger partial charge in [-0.3, -0.25) is 4.68 Å². The lowest BCUT2D eigenvalue weighted by Crippen LogP contribution is -2.47. The molecule has 0 saturated carbocycles. The third-order valence-electron chi connectivity index (χ3n) is 6.94. The van der Waals surface area contributed by atoms with Crippen molar-refractivity contribution < 1.29 is 13.9 Å². The number of anilines is 2. The van der Waals surface area contributed by atoms with Gasteiger partial charge in [-0.2, -0.15) is 10.2 Å². The molecule has 10 nitrogen and oxygen atoms in total. The maximum absolute atomic E-state index is 14.3. The minimum Gasteiger partial charge on any atom is -0.380 e. The highest BCUT2D eigenvalue weighted by Crippen LogP contribution is 2.31. The second-order valence-electron chi connectivity index (χ2n) is 9.49. The zero-order chi connectivity index (χ0) is 26.4. The average molecular weight is 518 g/mol. The third-order valence-corrected chi connectivity index (χ3v) is 6.94. The van der Waals surface area contributed by atoms with Gasteiger partial charge in [-0.15, -0.1) is 0 Å². The number of aromatic nitrogens is 7. The molecule has 1 aromatic carbocycles. The summed E-state index contributed by atoms with van der Waals surface area (Å²) in [4.78, 5) is 17.7. The second kappa shape index (κ2) is 9.14. The minimum absolute atomic E-state index is 0.0444. The zero-order valence-corrected chi connectivity index (χ0v) is 20.8. The van der Waals surface area contributed by atoms with Crippen LogP contribution in [-0.2, 0) is 12.6 Å². The van der Waals surface area contributed by atoms with Crippen molar-refractivity contribution in [2.45, 2.75) is 12.5 Å². The molecule has 12 heteroatoms. The van der Waals surface area contributed by atoms with Gasteiger partial charge >= 0.3 is 0 Å². The van der Waals surface area contributed by atoms with Gasteiger partial charge in [0.25, 0.3) is 0 Å². The van der Waals surface area contributed by atoms with Gasteiger partial charge in [0, 0.05) is 86.3 Å². The number of hydrogen-bond acceptors (Lipinski definition) is 8. The van der Waals surface area contributed by atoms with E-state index in [1.54, 1.807) is 11.0 Å². The van der Waals surface area contributed by atoms with Gasteiger partial charge in [0.05, 0.1) is 6.20 Å². The first-order chi connectivity index (χ1) is 18.3. The molecule has 0 unspecified atom stereocenters. The van der Waals surface area contributed by atoms with Crippen LogP contribution in [-0.4, -0.2) is 65.6 Å². The van der Waals surface area contributed by atoms with E-state index in [-0.39, 0.29) is 5.56 Å². The first-order valence-electron chi connectivity index (χ1n) is 12.1. The van der Waals surface area contributed by atoms with Crippen LogP contribution in [0.1, 0.15) is 18.1 Å². The predicted molar refractivity (Wildman–Crippen MR) is 137 cm³/mol. The average Bonchev–Trinajstić information content (AvgIpc) is 3.55. The van der Waals surface area contributed by atoms with E-state index in [4.69, 9.17) is 0 Å². The van der Waals surface area contributed by atoms with Gasteiger partial charge in [0.15, 0.2) is 5.82 Å². The largest absolute Gasteiger partial charge is 0.380 e. The summed E-state index contributed by atoms with van der Waals surface area (Å²) in [6.07, 6.45) is 10.3. The molecule has 0 aliphatic carbocycles. The number of aliphatic hydroxyl groups is 1. The third kappa shape index (κ3) is 4.22. The van der Waals surface area contributed by atoms with Crippen LogP contribution < -0.4 is 9.80 Å². The topological polar surface area (TPSA) is 100 Å². The summed E-state index contributed by atoms with van der Waals surface area (Å²) in [6.45, 7) is 4.15. The van der Waals surface area contributed by atoms with Crippen molar-refractivity contribution in [3.8, 4) is 11.1 Å². The van der Waals surface area contributed by atoms with E-state index >= 15 is 0 Å². The summed E-state index contributed by atoms with van der Waals surface area (Å²) in [5.41, 5.74) is 1.50. The van der Waals surface area contributed by atoms with Gasteiger partial charge in [-0.1, -0.05) is 0 Å². The SMILES string of the molecule is Cn1cc(-c2cc3c(N4CCN(c5ncc([C@](C)(O)c6ccc(F)cc6F)cn5)CC4)ncnn3c2)cn1. The first kappa shape index (κ1) is 23.9. The van der Waals surface area contributed by atoms with Crippen LogP contribution in [0.25, 0.3) is 16.6 Å². The Labute approximate surface area is 216 Å². The fourth-order valence-electron chi connectivity index (χ4n) is 4.78. The van der Waals surface area contributed by atoms with Crippen LogP contribution in [0.4, 0.5) is 20.5 Å². The Morgan fingerprint density at radius 2 is 1.61 bits per heavy atom. The molecule has 0 amide bonds. The summed E-state index contributed by atoms with van der Waals surface area (Å²) in [5.74, 6) is -0.174.